The lowest BCUT2D eigenvalue weighted by Gasteiger charge is -2.27. The number of nitrogens with one attached hydrogen (secondary N) is 1. The van der Waals surface area contributed by atoms with Crippen molar-refractivity contribution in [3.63, 3.8) is 0 Å². The van der Waals surface area contributed by atoms with Gasteiger partial charge in [0.25, 0.3) is 0 Å². The Morgan fingerprint density at radius 1 is 1.05 bits per heavy atom. The van der Waals surface area contributed by atoms with E-state index in [9.17, 15) is 4.79 Å². The molecule has 110 valence electrons. The van der Waals surface area contributed by atoms with Crippen molar-refractivity contribution in [3.05, 3.63) is 42.0 Å². The van der Waals surface area contributed by atoms with Crippen LogP contribution in [0.1, 0.15) is 43.0 Å². The molecule has 0 amide bonds. The van der Waals surface area contributed by atoms with Crippen molar-refractivity contribution in [2.75, 3.05) is 5.32 Å². The van der Waals surface area contributed by atoms with E-state index in [2.05, 4.69) is 23.5 Å². The molecule has 0 aliphatic heterocycles. The summed E-state index contributed by atoms with van der Waals surface area (Å²) in [7, 11) is 0. The van der Waals surface area contributed by atoms with Crippen molar-refractivity contribution in [3.8, 4) is 0 Å². The van der Waals surface area contributed by atoms with Crippen molar-refractivity contribution in [1.29, 1.82) is 0 Å². The van der Waals surface area contributed by atoms with Crippen molar-refractivity contribution < 1.29 is 4.79 Å². The van der Waals surface area contributed by atoms with Crippen LogP contribution >= 0.6 is 0 Å². The highest BCUT2D eigenvalue weighted by Crippen LogP contribution is 2.25. The molecule has 2 aromatic rings. The summed E-state index contributed by atoms with van der Waals surface area (Å²) in [5.41, 5.74) is 7.87. The van der Waals surface area contributed by atoms with Crippen molar-refractivity contribution in [2.24, 2.45) is 5.73 Å². The maximum atomic E-state index is 11.4. The van der Waals surface area contributed by atoms with Crippen LogP contribution in [0.15, 0.2) is 36.4 Å². The fraction of sp³-hybridized carbons (Fsp3) is 0.389. The molecule has 0 heterocycles. The number of carbonyl (C=O) groups excluding carboxylic acids is 1. The second kappa shape index (κ2) is 5.86. The Labute approximate surface area is 125 Å². The van der Waals surface area contributed by atoms with Gasteiger partial charge in [-0.15, -0.1) is 0 Å². The topological polar surface area (TPSA) is 55.1 Å². The Morgan fingerprint density at radius 2 is 1.71 bits per heavy atom. The first-order chi connectivity index (χ1) is 10.1. The van der Waals surface area contributed by atoms with Crippen molar-refractivity contribution >= 4 is 22.2 Å². The van der Waals surface area contributed by atoms with Crippen LogP contribution < -0.4 is 11.1 Å². The van der Waals surface area contributed by atoms with E-state index in [0.717, 1.165) is 47.7 Å². The van der Waals surface area contributed by atoms with Gasteiger partial charge in [0.05, 0.1) is 0 Å². The Hall–Kier alpha value is -1.87. The number of benzene rings is 2. The van der Waals surface area contributed by atoms with E-state index in [4.69, 9.17) is 5.73 Å². The molecular weight excluding hydrogens is 260 g/mol. The van der Waals surface area contributed by atoms with Crippen LogP contribution in [-0.2, 0) is 0 Å². The molecule has 1 saturated carbocycles. The molecule has 1 fully saturated rings. The number of fused-ring (bicyclic) bond motifs is 1. The van der Waals surface area contributed by atoms with E-state index in [1.54, 1.807) is 6.92 Å². The van der Waals surface area contributed by atoms with Gasteiger partial charge in [-0.2, -0.15) is 0 Å². The molecule has 0 aromatic heterocycles. The van der Waals surface area contributed by atoms with Crippen LogP contribution in [0.3, 0.4) is 0 Å². The van der Waals surface area contributed by atoms with Crippen molar-refractivity contribution in [1.82, 2.24) is 0 Å². The Balaban J connectivity index is 1.78. The molecule has 21 heavy (non-hydrogen) atoms. The Morgan fingerprint density at radius 3 is 2.43 bits per heavy atom. The first-order valence-electron chi connectivity index (χ1n) is 7.69. The third-order valence-corrected chi connectivity index (χ3v) is 4.39. The first kappa shape index (κ1) is 14.1. The molecule has 0 atom stereocenters. The number of ketones is 1. The fourth-order valence-corrected chi connectivity index (χ4v) is 3.05. The summed E-state index contributed by atoms with van der Waals surface area (Å²) in [5.74, 6) is 0.109. The minimum atomic E-state index is 0.109. The molecule has 3 nitrogen and oxygen atoms in total. The van der Waals surface area contributed by atoms with Crippen LogP contribution in [0.4, 0.5) is 5.69 Å². The fourth-order valence-electron chi connectivity index (χ4n) is 3.05. The average molecular weight is 282 g/mol. The lowest BCUT2D eigenvalue weighted by Crippen LogP contribution is -2.32. The normalized spacial score (nSPS) is 22.2. The highest BCUT2D eigenvalue weighted by molar-refractivity contribution is 5.99. The smallest absolute Gasteiger partial charge is 0.159 e. The Kier molecular flexibility index (Phi) is 3.93. The minimum Gasteiger partial charge on any atom is -0.382 e. The molecule has 2 aromatic carbocycles. The number of Topliss-reactive ketones (excluding diaryl/α,β-unsaturated/α-hetero) is 1. The van der Waals surface area contributed by atoms with E-state index in [-0.39, 0.29) is 5.78 Å². The van der Waals surface area contributed by atoms with Gasteiger partial charge >= 0.3 is 0 Å². The number of hydrogen-bond donors (Lipinski definition) is 2. The van der Waals surface area contributed by atoms with E-state index in [1.807, 2.05) is 18.2 Å². The predicted octanol–water partition coefficient (Wildman–Crippen LogP) is 3.72. The first-order valence-corrected chi connectivity index (χ1v) is 7.69. The third-order valence-electron chi connectivity index (χ3n) is 4.39. The number of carbonyl (C=O) groups is 1. The molecule has 0 saturated heterocycles. The van der Waals surface area contributed by atoms with Gasteiger partial charge in [-0.05, 0) is 61.6 Å². The Bertz CT molecular complexity index is 657. The number of anilines is 1. The van der Waals surface area contributed by atoms with Crippen LogP contribution in [-0.4, -0.2) is 17.9 Å². The summed E-state index contributed by atoms with van der Waals surface area (Å²) in [5, 5.41) is 5.88. The largest absolute Gasteiger partial charge is 0.382 e. The third kappa shape index (κ3) is 3.24. The van der Waals surface area contributed by atoms with Gasteiger partial charge in [0.15, 0.2) is 5.78 Å². The zero-order valence-corrected chi connectivity index (χ0v) is 12.4. The molecular formula is C18H22N2O. The minimum absolute atomic E-state index is 0.109. The second-order valence-corrected chi connectivity index (χ2v) is 6.09. The van der Waals surface area contributed by atoms with Crippen LogP contribution in [0.5, 0.6) is 0 Å². The predicted molar refractivity (Wildman–Crippen MR) is 87.8 cm³/mol. The van der Waals surface area contributed by atoms with Crippen LogP contribution in [0.25, 0.3) is 10.8 Å². The van der Waals surface area contributed by atoms with E-state index < -0.39 is 0 Å². The van der Waals surface area contributed by atoms with Gasteiger partial charge in [0.1, 0.15) is 0 Å². The highest BCUT2D eigenvalue weighted by Gasteiger charge is 2.18. The second-order valence-electron chi connectivity index (χ2n) is 6.09. The van der Waals surface area contributed by atoms with Gasteiger partial charge in [-0.25, -0.2) is 0 Å². The molecule has 0 radical (unpaired) electrons. The summed E-state index contributed by atoms with van der Waals surface area (Å²) >= 11 is 0. The molecule has 1 aliphatic carbocycles. The lowest BCUT2D eigenvalue weighted by molar-refractivity contribution is 0.101. The summed E-state index contributed by atoms with van der Waals surface area (Å²) in [6, 6.07) is 13.1. The van der Waals surface area contributed by atoms with Gasteiger partial charge in [-0.1, -0.05) is 18.2 Å². The summed E-state index contributed by atoms with van der Waals surface area (Å²) < 4.78 is 0. The van der Waals surface area contributed by atoms with E-state index in [1.165, 1.54) is 0 Å². The number of rotatable bonds is 3. The van der Waals surface area contributed by atoms with Gasteiger partial charge in [-0.3, -0.25) is 4.79 Å². The number of nitrogens with two attached hydrogens (primary N) is 1. The maximum absolute atomic E-state index is 11.4. The van der Waals surface area contributed by atoms with Crippen LogP contribution in [0.2, 0.25) is 0 Å². The average Bonchev–Trinajstić information content (AvgIpc) is 2.49. The summed E-state index contributed by atoms with van der Waals surface area (Å²) in [6.07, 6.45) is 4.49. The summed E-state index contributed by atoms with van der Waals surface area (Å²) in [4.78, 5) is 11.4. The van der Waals surface area contributed by atoms with E-state index in [0.29, 0.717) is 12.1 Å². The maximum Gasteiger partial charge on any atom is 0.159 e. The van der Waals surface area contributed by atoms with Gasteiger partial charge in [0.2, 0.25) is 0 Å². The molecule has 0 unspecified atom stereocenters. The summed E-state index contributed by atoms with van der Waals surface area (Å²) in [6.45, 7) is 1.60. The van der Waals surface area contributed by atoms with Gasteiger partial charge in [0, 0.05) is 23.3 Å². The van der Waals surface area contributed by atoms with Crippen molar-refractivity contribution in [2.45, 2.75) is 44.7 Å². The van der Waals surface area contributed by atoms with Crippen LogP contribution in [0, 0.1) is 0 Å². The molecule has 3 heteroatoms. The SMILES string of the molecule is CC(=O)c1ccc2cc(N[C@H]3CC[C@H](N)CC3)ccc2c1. The molecule has 0 spiro atoms. The quantitative estimate of drug-likeness (QED) is 0.843. The zero-order chi connectivity index (χ0) is 14.8. The highest BCUT2D eigenvalue weighted by atomic mass is 16.1. The molecule has 0 bridgehead atoms. The zero-order valence-electron chi connectivity index (χ0n) is 12.4. The van der Waals surface area contributed by atoms with Gasteiger partial charge < -0.3 is 11.1 Å². The lowest BCUT2D eigenvalue weighted by atomic mass is 9.91. The van der Waals surface area contributed by atoms with E-state index >= 15 is 0 Å². The molecule has 1 aliphatic rings. The molecule has 3 N–H and O–H groups in total. The number of hydrogen-bond acceptors (Lipinski definition) is 3. The standard InChI is InChI=1S/C18H22N2O/c1-12(21)13-2-3-15-11-18(7-4-14(15)10-13)20-17-8-5-16(19)6-9-17/h2-4,7,10-11,16-17,20H,5-6,8-9,19H2,1H3/t16-,17-. The molecule has 3 rings (SSSR count). The monoisotopic (exact) mass is 282 g/mol.